The number of rotatable bonds is 8. The van der Waals surface area contributed by atoms with Gasteiger partial charge in [-0.2, -0.15) is 0 Å². The molecule has 0 spiro atoms. The van der Waals surface area contributed by atoms with Crippen LogP contribution in [0.1, 0.15) is 39.5 Å². The molecule has 0 aromatic rings. The van der Waals surface area contributed by atoms with Gasteiger partial charge in [-0.1, -0.05) is 13.3 Å². The van der Waals surface area contributed by atoms with Crippen LogP contribution in [0.15, 0.2) is 0 Å². The molecule has 0 aromatic heterocycles. The van der Waals surface area contributed by atoms with Gasteiger partial charge in [0, 0.05) is 31.8 Å². The van der Waals surface area contributed by atoms with Gasteiger partial charge in [0.05, 0.1) is 6.10 Å². The highest BCUT2D eigenvalue weighted by Crippen LogP contribution is 2.37. The minimum atomic E-state index is 0.293. The molecule has 1 fully saturated rings. The van der Waals surface area contributed by atoms with Crippen LogP contribution in [-0.2, 0) is 9.47 Å². The Morgan fingerprint density at radius 3 is 2.81 bits per heavy atom. The van der Waals surface area contributed by atoms with Crippen molar-refractivity contribution >= 4 is 0 Å². The van der Waals surface area contributed by atoms with Crippen molar-refractivity contribution in [2.45, 2.75) is 45.6 Å². The first kappa shape index (κ1) is 13.9. The molecule has 0 amide bonds. The van der Waals surface area contributed by atoms with Crippen LogP contribution >= 0.6 is 0 Å². The van der Waals surface area contributed by atoms with Crippen LogP contribution in [0.2, 0.25) is 0 Å². The largest absolute Gasteiger partial charge is 0.381 e. The molecule has 0 aromatic carbocycles. The lowest BCUT2D eigenvalue weighted by molar-refractivity contribution is 0.0335. The molecule has 2 unspecified atom stereocenters. The molecule has 3 heteroatoms. The predicted octanol–water partition coefficient (Wildman–Crippen LogP) is 2.21. The first-order valence-electron chi connectivity index (χ1n) is 6.59. The lowest BCUT2D eigenvalue weighted by atomic mass is 9.78. The van der Waals surface area contributed by atoms with E-state index in [9.17, 15) is 0 Å². The van der Waals surface area contributed by atoms with E-state index in [-0.39, 0.29) is 0 Å². The fourth-order valence-electron chi connectivity index (χ4n) is 2.44. The van der Waals surface area contributed by atoms with E-state index in [2.05, 4.69) is 19.2 Å². The van der Waals surface area contributed by atoms with E-state index in [1.54, 1.807) is 0 Å². The first-order valence-corrected chi connectivity index (χ1v) is 6.59. The van der Waals surface area contributed by atoms with Crippen molar-refractivity contribution in [3.05, 3.63) is 0 Å². The fraction of sp³-hybridized carbons (Fsp3) is 1.00. The van der Waals surface area contributed by atoms with E-state index in [1.165, 1.54) is 12.8 Å². The van der Waals surface area contributed by atoms with E-state index in [1.807, 2.05) is 7.05 Å². The Morgan fingerprint density at radius 1 is 1.44 bits per heavy atom. The van der Waals surface area contributed by atoms with Gasteiger partial charge in [0.2, 0.25) is 0 Å². The highest BCUT2D eigenvalue weighted by atomic mass is 16.5. The third-order valence-corrected chi connectivity index (χ3v) is 3.75. The Bertz CT molecular complexity index is 187. The summed E-state index contributed by atoms with van der Waals surface area (Å²) in [5.41, 5.74) is 0.293. The minimum absolute atomic E-state index is 0.293. The van der Waals surface area contributed by atoms with Gasteiger partial charge in [-0.15, -0.1) is 0 Å². The average molecular weight is 229 g/mol. The molecule has 1 aliphatic rings. The standard InChI is InChI=1S/C13H27NO2/c1-4-5-8-15-9-6-13(11-14-3)7-10-16-12(13)2/h12,14H,4-11H2,1-3H3. The smallest absolute Gasteiger partial charge is 0.0617 e. The summed E-state index contributed by atoms with van der Waals surface area (Å²) in [5, 5.41) is 3.30. The number of unbranched alkanes of at least 4 members (excludes halogenated alkanes) is 1. The summed E-state index contributed by atoms with van der Waals surface area (Å²) in [6.45, 7) is 8.09. The Labute approximate surface area is 99.9 Å². The molecule has 1 saturated heterocycles. The van der Waals surface area contributed by atoms with Crippen molar-refractivity contribution in [3.8, 4) is 0 Å². The van der Waals surface area contributed by atoms with Gasteiger partial charge in [-0.3, -0.25) is 0 Å². The Kier molecular flexibility index (Phi) is 6.32. The Balaban J connectivity index is 2.28. The second-order valence-corrected chi connectivity index (χ2v) is 4.87. The summed E-state index contributed by atoms with van der Waals surface area (Å²) in [7, 11) is 2.02. The maximum Gasteiger partial charge on any atom is 0.0617 e. The van der Waals surface area contributed by atoms with E-state index >= 15 is 0 Å². The zero-order chi connectivity index (χ0) is 11.9. The SMILES string of the molecule is CCCCOCCC1(CNC)CCOC1C. The number of hydrogen-bond acceptors (Lipinski definition) is 3. The third kappa shape index (κ3) is 3.72. The van der Waals surface area contributed by atoms with Crippen LogP contribution < -0.4 is 5.32 Å². The highest BCUT2D eigenvalue weighted by Gasteiger charge is 2.40. The van der Waals surface area contributed by atoms with Crippen molar-refractivity contribution in [3.63, 3.8) is 0 Å². The van der Waals surface area contributed by atoms with Gasteiger partial charge in [0.15, 0.2) is 0 Å². The summed E-state index contributed by atoms with van der Waals surface area (Å²) in [6, 6.07) is 0. The molecular weight excluding hydrogens is 202 g/mol. The summed E-state index contributed by atoms with van der Waals surface area (Å²) in [6.07, 6.45) is 5.01. The van der Waals surface area contributed by atoms with Crippen LogP contribution in [0.3, 0.4) is 0 Å². The van der Waals surface area contributed by atoms with Gasteiger partial charge in [0.25, 0.3) is 0 Å². The lowest BCUT2D eigenvalue weighted by Crippen LogP contribution is -2.39. The van der Waals surface area contributed by atoms with Crippen molar-refractivity contribution in [1.29, 1.82) is 0 Å². The second-order valence-electron chi connectivity index (χ2n) is 4.87. The maximum atomic E-state index is 5.70. The summed E-state index contributed by atoms with van der Waals surface area (Å²) in [4.78, 5) is 0. The van der Waals surface area contributed by atoms with Gasteiger partial charge in [-0.25, -0.2) is 0 Å². The van der Waals surface area contributed by atoms with E-state index in [4.69, 9.17) is 9.47 Å². The number of ether oxygens (including phenoxy) is 2. The van der Waals surface area contributed by atoms with Crippen molar-refractivity contribution in [2.24, 2.45) is 5.41 Å². The molecule has 1 aliphatic heterocycles. The molecule has 0 saturated carbocycles. The normalized spacial score (nSPS) is 29.8. The zero-order valence-electron chi connectivity index (χ0n) is 11.1. The number of hydrogen-bond donors (Lipinski definition) is 1. The second kappa shape index (κ2) is 7.25. The molecule has 0 radical (unpaired) electrons. The number of nitrogens with one attached hydrogen (secondary N) is 1. The lowest BCUT2D eigenvalue weighted by Gasteiger charge is -2.32. The Morgan fingerprint density at radius 2 is 2.25 bits per heavy atom. The van der Waals surface area contributed by atoms with Crippen LogP contribution in [0, 0.1) is 5.41 Å². The first-order chi connectivity index (χ1) is 7.75. The van der Waals surface area contributed by atoms with E-state index in [0.717, 1.165) is 39.2 Å². The van der Waals surface area contributed by atoms with Crippen LogP contribution in [0.5, 0.6) is 0 Å². The molecule has 1 N–H and O–H groups in total. The van der Waals surface area contributed by atoms with Gasteiger partial charge in [-0.05, 0) is 33.2 Å². The zero-order valence-corrected chi connectivity index (χ0v) is 11.1. The van der Waals surface area contributed by atoms with Gasteiger partial charge >= 0.3 is 0 Å². The summed E-state index contributed by atoms with van der Waals surface area (Å²) < 4.78 is 11.4. The monoisotopic (exact) mass is 229 g/mol. The van der Waals surface area contributed by atoms with Gasteiger partial charge < -0.3 is 14.8 Å². The molecule has 96 valence electrons. The molecule has 3 nitrogen and oxygen atoms in total. The van der Waals surface area contributed by atoms with Crippen LogP contribution in [0.25, 0.3) is 0 Å². The van der Waals surface area contributed by atoms with Gasteiger partial charge in [0.1, 0.15) is 0 Å². The van der Waals surface area contributed by atoms with Crippen molar-refractivity contribution in [2.75, 3.05) is 33.4 Å². The highest BCUT2D eigenvalue weighted by molar-refractivity contribution is 4.90. The fourth-order valence-corrected chi connectivity index (χ4v) is 2.44. The molecule has 1 heterocycles. The van der Waals surface area contributed by atoms with Crippen molar-refractivity contribution in [1.82, 2.24) is 5.32 Å². The predicted molar refractivity (Wildman–Crippen MR) is 66.7 cm³/mol. The molecule has 1 rings (SSSR count). The quantitative estimate of drug-likeness (QED) is 0.647. The maximum absolute atomic E-state index is 5.70. The van der Waals surface area contributed by atoms with E-state index in [0.29, 0.717) is 11.5 Å². The molecular formula is C13H27NO2. The van der Waals surface area contributed by atoms with Crippen LogP contribution in [0.4, 0.5) is 0 Å². The van der Waals surface area contributed by atoms with Crippen LogP contribution in [-0.4, -0.2) is 39.5 Å². The molecule has 0 bridgehead atoms. The molecule has 2 atom stereocenters. The molecule has 16 heavy (non-hydrogen) atoms. The van der Waals surface area contributed by atoms with E-state index < -0.39 is 0 Å². The van der Waals surface area contributed by atoms with Crippen molar-refractivity contribution < 1.29 is 9.47 Å². The Hall–Kier alpha value is -0.120. The molecule has 0 aliphatic carbocycles. The minimum Gasteiger partial charge on any atom is -0.381 e. The third-order valence-electron chi connectivity index (χ3n) is 3.75. The summed E-state index contributed by atoms with van der Waals surface area (Å²) >= 11 is 0. The average Bonchev–Trinajstić information content (AvgIpc) is 2.61. The summed E-state index contributed by atoms with van der Waals surface area (Å²) in [5.74, 6) is 0. The topological polar surface area (TPSA) is 30.5 Å².